The smallest absolute Gasteiger partial charge is 0.134 e. The van der Waals surface area contributed by atoms with E-state index in [0.29, 0.717) is 6.04 Å². The zero-order chi connectivity index (χ0) is 19.3. The third-order valence-corrected chi connectivity index (χ3v) is 6.34. The fourth-order valence-corrected chi connectivity index (χ4v) is 4.51. The Kier molecular flexibility index (Phi) is 5.90. The molecule has 1 fully saturated rings. The summed E-state index contributed by atoms with van der Waals surface area (Å²) in [5.41, 5.74) is 2.59. The van der Waals surface area contributed by atoms with E-state index in [1.54, 1.807) is 0 Å². The Labute approximate surface area is 168 Å². The molecule has 2 heterocycles. The van der Waals surface area contributed by atoms with Gasteiger partial charge in [-0.1, -0.05) is 44.2 Å². The number of nitrogens with zero attached hydrogens (tertiary/aromatic N) is 2. The zero-order valence-corrected chi connectivity index (χ0v) is 17.1. The lowest BCUT2D eigenvalue weighted by molar-refractivity contribution is 0.267. The molecule has 1 aliphatic carbocycles. The van der Waals surface area contributed by atoms with E-state index in [-0.39, 0.29) is 0 Å². The van der Waals surface area contributed by atoms with Crippen LogP contribution >= 0.6 is 0 Å². The van der Waals surface area contributed by atoms with Crippen molar-refractivity contribution in [1.29, 1.82) is 0 Å². The summed E-state index contributed by atoms with van der Waals surface area (Å²) >= 11 is 0. The van der Waals surface area contributed by atoms with Crippen molar-refractivity contribution < 1.29 is 0 Å². The molecule has 0 unspecified atom stereocenters. The van der Waals surface area contributed by atoms with E-state index in [2.05, 4.69) is 60.7 Å². The molecule has 28 heavy (non-hydrogen) atoms. The summed E-state index contributed by atoms with van der Waals surface area (Å²) < 4.78 is 0. The second-order valence-corrected chi connectivity index (χ2v) is 8.54. The number of fused-ring (bicyclic) bond motifs is 1. The van der Waals surface area contributed by atoms with Crippen molar-refractivity contribution in [2.75, 3.05) is 5.32 Å². The molecule has 0 bridgehead atoms. The summed E-state index contributed by atoms with van der Waals surface area (Å²) in [6.07, 6.45) is 13.0. The van der Waals surface area contributed by atoms with E-state index >= 15 is 0 Å². The van der Waals surface area contributed by atoms with E-state index in [1.807, 2.05) is 18.5 Å². The lowest BCUT2D eigenvalue weighted by Gasteiger charge is -2.31. The molecule has 0 atom stereocenters. The highest BCUT2D eigenvalue weighted by atomic mass is 15.0. The molecule has 0 amide bonds. The Morgan fingerprint density at radius 2 is 1.71 bits per heavy atom. The summed E-state index contributed by atoms with van der Waals surface area (Å²) in [4.78, 5) is 9.07. The minimum Gasteiger partial charge on any atom is -0.367 e. The molecule has 3 nitrogen and oxygen atoms in total. The first-order valence-electron chi connectivity index (χ1n) is 10.7. The van der Waals surface area contributed by atoms with Gasteiger partial charge in [-0.25, -0.2) is 4.98 Å². The topological polar surface area (TPSA) is 37.8 Å². The molecule has 0 aliphatic heterocycles. The van der Waals surface area contributed by atoms with Gasteiger partial charge in [0.15, 0.2) is 0 Å². The Morgan fingerprint density at radius 1 is 0.929 bits per heavy atom. The molecule has 0 spiro atoms. The predicted octanol–water partition coefficient (Wildman–Crippen LogP) is 6.04. The van der Waals surface area contributed by atoms with Gasteiger partial charge in [0.1, 0.15) is 5.82 Å². The Balaban J connectivity index is 1.49. The van der Waals surface area contributed by atoms with Crippen LogP contribution in [-0.2, 0) is 12.8 Å². The van der Waals surface area contributed by atoms with Crippen molar-refractivity contribution in [2.24, 2.45) is 11.8 Å². The van der Waals surface area contributed by atoms with Crippen LogP contribution in [0.3, 0.4) is 0 Å². The van der Waals surface area contributed by atoms with Crippen LogP contribution in [0.1, 0.15) is 50.7 Å². The van der Waals surface area contributed by atoms with E-state index < -0.39 is 0 Å². The average Bonchev–Trinajstić information content (AvgIpc) is 2.74. The van der Waals surface area contributed by atoms with E-state index in [9.17, 15) is 0 Å². The maximum absolute atomic E-state index is 4.84. The maximum Gasteiger partial charge on any atom is 0.134 e. The van der Waals surface area contributed by atoms with Gasteiger partial charge in [0.25, 0.3) is 0 Å². The molecule has 3 heteroatoms. The van der Waals surface area contributed by atoms with Gasteiger partial charge in [-0.3, -0.25) is 4.98 Å². The Hall–Kier alpha value is -2.42. The molecule has 146 valence electrons. The van der Waals surface area contributed by atoms with E-state index in [0.717, 1.165) is 30.5 Å². The van der Waals surface area contributed by atoms with Crippen molar-refractivity contribution >= 4 is 16.6 Å². The number of pyridine rings is 2. The first-order valence-corrected chi connectivity index (χ1v) is 10.7. The van der Waals surface area contributed by atoms with Crippen LogP contribution in [0, 0.1) is 11.8 Å². The number of rotatable bonds is 6. The Bertz CT molecular complexity index is 896. The molecule has 1 N–H and O–H groups in total. The fourth-order valence-electron chi connectivity index (χ4n) is 4.51. The first-order chi connectivity index (χ1) is 13.7. The van der Waals surface area contributed by atoms with E-state index in [4.69, 9.17) is 4.98 Å². The van der Waals surface area contributed by atoms with Crippen LogP contribution in [0.4, 0.5) is 5.82 Å². The lowest BCUT2D eigenvalue weighted by atomic mass is 9.79. The third kappa shape index (κ3) is 4.35. The lowest BCUT2D eigenvalue weighted by Crippen LogP contribution is -2.28. The monoisotopic (exact) mass is 373 g/mol. The van der Waals surface area contributed by atoms with Crippen molar-refractivity contribution in [2.45, 2.75) is 58.4 Å². The maximum atomic E-state index is 4.84. The highest BCUT2D eigenvalue weighted by Crippen LogP contribution is 2.33. The van der Waals surface area contributed by atoms with Gasteiger partial charge in [0.2, 0.25) is 0 Å². The van der Waals surface area contributed by atoms with Crippen molar-refractivity contribution in [3.8, 4) is 0 Å². The van der Waals surface area contributed by atoms with Crippen LogP contribution in [-0.4, -0.2) is 16.0 Å². The van der Waals surface area contributed by atoms with Gasteiger partial charge in [-0.15, -0.1) is 0 Å². The zero-order valence-electron chi connectivity index (χ0n) is 17.1. The van der Waals surface area contributed by atoms with Gasteiger partial charge >= 0.3 is 0 Å². The summed E-state index contributed by atoms with van der Waals surface area (Å²) in [6.45, 7) is 4.72. The molecule has 0 saturated heterocycles. The first kappa shape index (κ1) is 18.9. The molecule has 2 aromatic heterocycles. The number of aromatic nitrogens is 2. The van der Waals surface area contributed by atoms with Gasteiger partial charge in [-0.2, -0.15) is 0 Å². The number of nitrogens with one attached hydrogen (secondary N) is 1. The fraction of sp³-hybridized carbons (Fsp3) is 0.440. The normalized spacial score (nSPS) is 19.8. The number of hydrogen-bond acceptors (Lipinski definition) is 3. The van der Waals surface area contributed by atoms with Crippen molar-refractivity contribution in [3.05, 3.63) is 66.1 Å². The second kappa shape index (κ2) is 8.72. The van der Waals surface area contributed by atoms with Gasteiger partial charge in [-0.05, 0) is 72.9 Å². The number of anilines is 1. The average molecular weight is 374 g/mol. The van der Waals surface area contributed by atoms with Crippen LogP contribution in [0.2, 0.25) is 0 Å². The van der Waals surface area contributed by atoms with Crippen LogP contribution < -0.4 is 5.32 Å². The molecule has 0 radical (unpaired) electrons. The minimum absolute atomic E-state index is 0.548. The minimum atomic E-state index is 0.548. The largest absolute Gasteiger partial charge is 0.367 e. The van der Waals surface area contributed by atoms with Gasteiger partial charge < -0.3 is 5.32 Å². The van der Waals surface area contributed by atoms with Gasteiger partial charge in [0, 0.05) is 30.0 Å². The molecule has 4 rings (SSSR count). The van der Waals surface area contributed by atoms with Gasteiger partial charge in [0.05, 0.1) is 0 Å². The second-order valence-electron chi connectivity index (χ2n) is 8.54. The van der Waals surface area contributed by atoms with Crippen LogP contribution in [0.5, 0.6) is 0 Å². The summed E-state index contributed by atoms with van der Waals surface area (Å²) in [5.74, 6) is 2.74. The molecule has 3 aromatic rings. The third-order valence-electron chi connectivity index (χ3n) is 6.34. The predicted molar refractivity (Wildman–Crippen MR) is 118 cm³/mol. The van der Waals surface area contributed by atoms with Crippen molar-refractivity contribution in [1.82, 2.24) is 9.97 Å². The highest BCUT2D eigenvalue weighted by molar-refractivity contribution is 5.94. The molecular formula is C25H31N3. The number of aryl methyl sites for hydroxylation is 2. The Morgan fingerprint density at radius 3 is 2.43 bits per heavy atom. The number of benzene rings is 1. The standard InChI is InChI=1S/C25H31N3/c1-18(2)20-11-13-22(14-12-20)28-25-24-8-4-3-7-23(24)21(17-27-25)10-9-19-6-5-15-26-16-19/h3-8,15-18,20,22H,9-14H2,1-2H3,(H,27,28)/t20-,22-. The highest BCUT2D eigenvalue weighted by Gasteiger charge is 2.23. The van der Waals surface area contributed by atoms with Crippen molar-refractivity contribution in [3.63, 3.8) is 0 Å². The summed E-state index contributed by atoms with van der Waals surface area (Å²) in [7, 11) is 0. The summed E-state index contributed by atoms with van der Waals surface area (Å²) in [5, 5.41) is 6.33. The van der Waals surface area contributed by atoms with Crippen LogP contribution in [0.15, 0.2) is 55.0 Å². The molecule has 1 saturated carbocycles. The van der Waals surface area contributed by atoms with Crippen LogP contribution in [0.25, 0.3) is 10.8 Å². The quantitative estimate of drug-likeness (QED) is 0.572. The molecular weight excluding hydrogens is 342 g/mol. The number of hydrogen-bond donors (Lipinski definition) is 1. The molecule has 1 aromatic carbocycles. The van der Waals surface area contributed by atoms with E-state index in [1.165, 1.54) is 47.6 Å². The SMILES string of the molecule is CC(C)[C@H]1CC[C@H](Nc2ncc(CCc3cccnc3)c3ccccc23)CC1. The summed E-state index contributed by atoms with van der Waals surface area (Å²) in [6, 6.07) is 13.4. The molecule has 1 aliphatic rings.